The molecule has 0 aliphatic heterocycles. The molecule has 0 radical (unpaired) electrons. The Bertz CT molecular complexity index is 393. The molecule has 1 aliphatic rings. The van der Waals surface area contributed by atoms with Crippen LogP contribution >= 0.6 is 0 Å². The number of anilines is 1. The van der Waals surface area contributed by atoms with Crippen LogP contribution in [0.15, 0.2) is 24.3 Å². The van der Waals surface area contributed by atoms with Gasteiger partial charge in [0.15, 0.2) is 0 Å². The van der Waals surface area contributed by atoms with Crippen LogP contribution in [0.4, 0.5) is 5.69 Å². The Labute approximate surface area is 117 Å². The fourth-order valence-corrected chi connectivity index (χ4v) is 2.92. The van der Waals surface area contributed by atoms with E-state index >= 15 is 0 Å². The Morgan fingerprint density at radius 3 is 2.21 bits per heavy atom. The van der Waals surface area contributed by atoms with E-state index in [9.17, 15) is 0 Å². The first-order valence-corrected chi connectivity index (χ1v) is 7.22. The zero-order valence-electron chi connectivity index (χ0n) is 12.5. The lowest BCUT2D eigenvalue weighted by molar-refractivity contribution is 0.0282. The first-order chi connectivity index (χ1) is 9.02. The number of likely N-dealkylation sites (N-methyl/N-ethyl adjacent to an activating group) is 2. The maximum Gasteiger partial charge on any atom is 0.0330 e. The molecule has 3 nitrogen and oxygen atoms in total. The molecule has 2 rings (SSSR count). The average molecular weight is 261 g/mol. The third kappa shape index (κ3) is 3.48. The van der Waals surface area contributed by atoms with E-state index < -0.39 is 0 Å². The Morgan fingerprint density at radius 1 is 1.11 bits per heavy atom. The number of hydrogen-bond donors (Lipinski definition) is 1. The van der Waals surface area contributed by atoms with E-state index in [1.165, 1.54) is 31.4 Å². The van der Waals surface area contributed by atoms with Gasteiger partial charge in [-0.2, -0.15) is 0 Å². The molecule has 1 fully saturated rings. The molecular formula is C16H27N3. The molecule has 19 heavy (non-hydrogen) atoms. The van der Waals surface area contributed by atoms with Crippen molar-refractivity contribution in [1.82, 2.24) is 9.80 Å². The van der Waals surface area contributed by atoms with Crippen molar-refractivity contribution < 1.29 is 0 Å². The van der Waals surface area contributed by atoms with Gasteiger partial charge in [-0.1, -0.05) is 12.1 Å². The Balaban J connectivity index is 1.81. The number of hydrogen-bond acceptors (Lipinski definition) is 3. The number of nitrogens with zero attached hydrogens (tertiary/aromatic N) is 2. The molecule has 0 unspecified atom stereocenters. The van der Waals surface area contributed by atoms with E-state index in [0.29, 0.717) is 5.54 Å². The van der Waals surface area contributed by atoms with Gasteiger partial charge in [0.2, 0.25) is 0 Å². The Hall–Kier alpha value is -1.06. The minimum absolute atomic E-state index is 0.426. The minimum atomic E-state index is 0.426. The number of benzene rings is 1. The number of nitrogen functional groups attached to an aromatic ring is 1. The van der Waals surface area contributed by atoms with Gasteiger partial charge in [-0.15, -0.1) is 0 Å². The summed E-state index contributed by atoms with van der Waals surface area (Å²) in [7, 11) is 6.67. The highest BCUT2D eigenvalue weighted by Gasteiger charge is 2.39. The van der Waals surface area contributed by atoms with Gasteiger partial charge in [-0.05, 0) is 64.5 Å². The molecule has 0 atom stereocenters. The van der Waals surface area contributed by atoms with Crippen molar-refractivity contribution in [1.29, 1.82) is 0 Å². The summed E-state index contributed by atoms with van der Waals surface area (Å²) in [6, 6.07) is 8.24. The van der Waals surface area contributed by atoms with E-state index in [2.05, 4.69) is 43.1 Å². The van der Waals surface area contributed by atoms with Gasteiger partial charge in [0.1, 0.15) is 0 Å². The summed E-state index contributed by atoms with van der Waals surface area (Å²) in [5.41, 5.74) is 8.35. The first-order valence-electron chi connectivity index (χ1n) is 7.22. The molecular weight excluding hydrogens is 234 g/mol. The van der Waals surface area contributed by atoms with Crippen molar-refractivity contribution in [3.63, 3.8) is 0 Å². The lowest BCUT2D eigenvalue weighted by atomic mass is 9.75. The fraction of sp³-hybridized carbons (Fsp3) is 0.625. The highest BCUT2D eigenvalue weighted by molar-refractivity contribution is 5.39. The normalized spacial score (nSPS) is 17.7. The fourth-order valence-electron chi connectivity index (χ4n) is 2.92. The SMILES string of the molecule is CN(CCc1ccc(N)cc1)CC1(N(C)C)CCC1. The van der Waals surface area contributed by atoms with E-state index in [0.717, 1.165) is 18.7 Å². The predicted molar refractivity (Wildman–Crippen MR) is 82.3 cm³/mol. The van der Waals surface area contributed by atoms with Gasteiger partial charge in [0, 0.05) is 24.3 Å². The highest BCUT2D eigenvalue weighted by atomic mass is 15.2. The van der Waals surface area contributed by atoms with Crippen LogP contribution in [0.1, 0.15) is 24.8 Å². The Kier molecular flexibility index (Phi) is 4.48. The zero-order chi connectivity index (χ0) is 13.9. The highest BCUT2D eigenvalue weighted by Crippen LogP contribution is 2.36. The molecule has 3 heteroatoms. The Morgan fingerprint density at radius 2 is 1.74 bits per heavy atom. The van der Waals surface area contributed by atoms with Crippen molar-refractivity contribution >= 4 is 5.69 Å². The summed E-state index contributed by atoms with van der Waals surface area (Å²) in [4.78, 5) is 4.88. The van der Waals surface area contributed by atoms with Crippen molar-refractivity contribution in [2.24, 2.45) is 0 Å². The molecule has 1 aliphatic carbocycles. The summed E-state index contributed by atoms with van der Waals surface area (Å²) in [6.07, 6.45) is 5.16. The van der Waals surface area contributed by atoms with Crippen molar-refractivity contribution in [3.05, 3.63) is 29.8 Å². The van der Waals surface area contributed by atoms with Crippen LogP contribution in [0.2, 0.25) is 0 Å². The smallest absolute Gasteiger partial charge is 0.0330 e. The lowest BCUT2D eigenvalue weighted by Gasteiger charge is -2.49. The lowest BCUT2D eigenvalue weighted by Crippen LogP contribution is -2.56. The summed E-state index contributed by atoms with van der Waals surface area (Å²) >= 11 is 0. The van der Waals surface area contributed by atoms with Gasteiger partial charge in [0.05, 0.1) is 0 Å². The average Bonchev–Trinajstić information content (AvgIpc) is 2.32. The van der Waals surface area contributed by atoms with Gasteiger partial charge in [0.25, 0.3) is 0 Å². The van der Waals surface area contributed by atoms with Crippen LogP contribution in [-0.4, -0.2) is 49.6 Å². The summed E-state index contributed by atoms with van der Waals surface area (Å²) in [5, 5.41) is 0. The third-order valence-corrected chi connectivity index (χ3v) is 4.56. The molecule has 106 valence electrons. The van der Waals surface area contributed by atoms with Crippen LogP contribution in [0.25, 0.3) is 0 Å². The molecule has 2 N–H and O–H groups in total. The molecule has 0 amide bonds. The quantitative estimate of drug-likeness (QED) is 0.797. The molecule has 1 saturated carbocycles. The van der Waals surface area contributed by atoms with Gasteiger partial charge < -0.3 is 15.5 Å². The van der Waals surface area contributed by atoms with Crippen molar-refractivity contribution in [2.75, 3.05) is 40.0 Å². The van der Waals surface area contributed by atoms with E-state index in [-0.39, 0.29) is 0 Å². The van der Waals surface area contributed by atoms with Crippen molar-refractivity contribution in [2.45, 2.75) is 31.2 Å². The van der Waals surface area contributed by atoms with E-state index in [1.807, 2.05) is 12.1 Å². The van der Waals surface area contributed by atoms with Crippen LogP contribution in [0, 0.1) is 0 Å². The van der Waals surface area contributed by atoms with Crippen LogP contribution < -0.4 is 5.73 Å². The van der Waals surface area contributed by atoms with Gasteiger partial charge in [-0.3, -0.25) is 0 Å². The topological polar surface area (TPSA) is 32.5 Å². The number of nitrogens with two attached hydrogens (primary N) is 1. The maximum absolute atomic E-state index is 5.71. The number of rotatable bonds is 6. The summed E-state index contributed by atoms with van der Waals surface area (Å²) < 4.78 is 0. The van der Waals surface area contributed by atoms with Crippen molar-refractivity contribution in [3.8, 4) is 0 Å². The van der Waals surface area contributed by atoms with E-state index in [4.69, 9.17) is 5.73 Å². The van der Waals surface area contributed by atoms with E-state index in [1.54, 1.807) is 0 Å². The first kappa shape index (κ1) is 14.4. The minimum Gasteiger partial charge on any atom is -0.399 e. The second-order valence-electron chi connectivity index (χ2n) is 6.20. The second kappa shape index (κ2) is 5.93. The molecule has 0 bridgehead atoms. The zero-order valence-corrected chi connectivity index (χ0v) is 12.5. The second-order valence-corrected chi connectivity index (χ2v) is 6.20. The molecule has 0 heterocycles. The third-order valence-electron chi connectivity index (χ3n) is 4.56. The van der Waals surface area contributed by atoms with Gasteiger partial charge >= 0.3 is 0 Å². The standard InChI is InChI=1S/C16H27N3/c1-18(2)16(10-4-11-16)13-19(3)12-9-14-5-7-15(17)8-6-14/h5-8H,4,9-13,17H2,1-3H3. The molecule has 0 aromatic heterocycles. The molecule has 1 aromatic carbocycles. The summed E-state index contributed by atoms with van der Waals surface area (Å²) in [6.45, 7) is 2.29. The molecule has 0 saturated heterocycles. The largest absolute Gasteiger partial charge is 0.399 e. The maximum atomic E-state index is 5.71. The van der Waals surface area contributed by atoms with Crippen LogP contribution in [-0.2, 0) is 6.42 Å². The predicted octanol–water partition coefficient (Wildman–Crippen LogP) is 2.23. The van der Waals surface area contributed by atoms with Crippen LogP contribution in [0.5, 0.6) is 0 Å². The monoisotopic (exact) mass is 261 g/mol. The van der Waals surface area contributed by atoms with Gasteiger partial charge in [-0.25, -0.2) is 0 Å². The molecule has 1 aromatic rings. The molecule has 0 spiro atoms. The summed E-state index contributed by atoms with van der Waals surface area (Å²) in [5.74, 6) is 0. The van der Waals surface area contributed by atoms with Crippen LogP contribution in [0.3, 0.4) is 0 Å².